The van der Waals surface area contributed by atoms with Gasteiger partial charge in [0.2, 0.25) is 0 Å². The molecule has 1 amide bonds. The molecule has 1 fully saturated rings. The molecule has 1 heterocycles. The van der Waals surface area contributed by atoms with E-state index < -0.39 is 0 Å². The summed E-state index contributed by atoms with van der Waals surface area (Å²) in [5.41, 5.74) is 4.29. The molecule has 1 saturated heterocycles. The molecule has 4 aromatic carbocycles. The van der Waals surface area contributed by atoms with Crippen LogP contribution in [0.5, 0.6) is 11.5 Å². The van der Waals surface area contributed by atoms with Crippen molar-refractivity contribution >= 4 is 28.9 Å². The van der Waals surface area contributed by atoms with Crippen LogP contribution in [-0.4, -0.2) is 23.1 Å². The van der Waals surface area contributed by atoms with Crippen LogP contribution in [0.3, 0.4) is 0 Å². The van der Waals surface area contributed by atoms with Crippen molar-refractivity contribution in [2.75, 3.05) is 7.11 Å². The second kappa shape index (κ2) is 12.8. The first-order valence-electron chi connectivity index (χ1n) is 12.8. The number of amides is 1. The Labute approximate surface area is 238 Å². The number of nitriles is 1. The molecule has 0 radical (unpaired) electrons. The third kappa shape index (κ3) is 6.42. The lowest BCUT2D eigenvalue weighted by atomic mass is 10.1. The van der Waals surface area contributed by atoms with Crippen LogP contribution in [0.25, 0.3) is 6.08 Å². The van der Waals surface area contributed by atoms with E-state index in [-0.39, 0.29) is 12.5 Å². The van der Waals surface area contributed by atoms with Crippen LogP contribution >= 0.6 is 11.8 Å². The van der Waals surface area contributed by atoms with Crippen molar-refractivity contribution < 1.29 is 14.3 Å². The average molecular weight is 546 g/mol. The Hall–Kier alpha value is -4.80. The number of thioether (sulfide) groups is 1. The van der Waals surface area contributed by atoms with Crippen LogP contribution in [0.15, 0.2) is 113 Å². The van der Waals surface area contributed by atoms with Crippen molar-refractivity contribution in [3.05, 3.63) is 136 Å². The molecule has 0 bridgehead atoms. The number of amidine groups is 1. The van der Waals surface area contributed by atoms with E-state index in [9.17, 15) is 10.1 Å². The highest BCUT2D eigenvalue weighted by molar-refractivity contribution is 8.18. The topological polar surface area (TPSA) is 74.9 Å². The monoisotopic (exact) mass is 545 g/mol. The highest BCUT2D eigenvalue weighted by atomic mass is 32.2. The van der Waals surface area contributed by atoms with E-state index in [0.717, 1.165) is 22.3 Å². The Morgan fingerprint density at radius 3 is 2.33 bits per heavy atom. The van der Waals surface area contributed by atoms with Gasteiger partial charge in [-0.3, -0.25) is 14.7 Å². The van der Waals surface area contributed by atoms with E-state index >= 15 is 0 Å². The lowest BCUT2D eigenvalue weighted by Gasteiger charge is -2.15. The lowest BCUT2D eigenvalue weighted by molar-refractivity contribution is -0.122. The third-order valence-electron chi connectivity index (χ3n) is 6.32. The highest BCUT2D eigenvalue weighted by Crippen LogP contribution is 2.36. The van der Waals surface area contributed by atoms with Crippen LogP contribution in [0, 0.1) is 11.3 Å². The van der Waals surface area contributed by atoms with Gasteiger partial charge >= 0.3 is 0 Å². The number of hydrogen-bond donors (Lipinski definition) is 0. The predicted octanol–water partition coefficient (Wildman–Crippen LogP) is 6.82. The van der Waals surface area contributed by atoms with Gasteiger partial charge in [-0.2, -0.15) is 5.26 Å². The van der Waals surface area contributed by atoms with Gasteiger partial charge in [0.25, 0.3) is 5.91 Å². The number of ether oxygens (including phenoxy) is 2. The number of nitrogens with zero attached hydrogens (tertiary/aromatic N) is 3. The summed E-state index contributed by atoms with van der Waals surface area (Å²) in [5, 5.41) is 10.0. The van der Waals surface area contributed by atoms with Crippen LogP contribution in [0.1, 0.15) is 27.8 Å². The maximum absolute atomic E-state index is 13.6. The molecule has 6 nitrogen and oxygen atoms in total. The standard InChI is InChI=1S/C33H27N3O3S/c1-38-30-18-26(16-17-29(30)39-23-28-15-9-8-14-27(28)20-34)19-31-32(37)36(22-25-12-6-3-7-13-25)33(40-31)35-21-24-10-4-2-5-11-24/h2-19H,21-23H2,1H3/b31-19-,35-33?. The minimum atomic E-state index is -0.0898. The van der Waals surface area contributed by atoms with Gasteiger partial charge in [-0.1, -0.05) is 84.9 Å². The fourth-order valence-electron chi connectivity index (χ4n) is 4.23. The number of carbonyl (C=O) groups excluding carboxylic acids is 1. The average Bonchev–Trinajstić information content (AvgIpc) is 3.29. The Balaban J connectivity index is 1.38. The van der Waals surface area contributed by atoms with Crippen molar-refractivity contribution in [3.63, 3.8) is 0 Å². The largest absolute Gasteiger partial charge is 0.493 e. The molecule has 198 valence electrons. The number of hydrogen-bond acceptors (Lipinski definition) is 6. The number of carbonyl (C=O) groups is 1. The molecule has 1 aliphatic rings. The minimum absolute atomic E-state index is 0.0898. The Morgan fingerprint density at radius 1 is 0.900 bits per heavy atom. The first-order chi connectivity index (χ1) is 19.6. The van der Waals surface area contributed by atoms with Crippen molar-refractivity contribution in [1.29, 1.82) is 5.26 Å². The zero-order chi connectivity index (χ0) is 27.7. The highest BCUT2D eigenvalue weighted by Gasteiger charge is 2.33. The predicted molar refractivity (Wildman–Crippen MR) is 159 cm³/mol. The molecule has 40 heavy (non-hydrogen) atoms. The van der Waals surface area contributed by atoms with E-state index in [2.05, 4.69) is 6.07 Å². The van der Waals surface area contributed by atoms with Crippen molar-refractivity contribution in [1.82, 2.24) is 4.90 Å². The lowest BCUT2D eigenvalue weighted by Crippen LogP contribution is -2.28. The number of methoxy groups -OCH3 is 1. The molecular weight excluding hydrogens is 518 g/mol. The molecule has 7 heteroatoms. The Kier molecular flexibility index (Phi) is 8.60. The molecule has 0 aromatic heterocycles. The molecule has 0 atom stereocenters. The van der Waals surface area contributed by atoms with Gasteiger partial charge in [0.15, 0.2) is 16.7 Å². The number of benzene rings is 4. The van der Waals surface area contributed by atoms with Gasteiger partial charge in [-0.25, -0.2) is 0 Å². The summed E-state index contributed by atoms with van der Waals surface area (Å²) < 4.78 is 11.6. The molecule has 0 aliphatic carbocycles. The molecule has 5 rings (SSSR count). The molecular formula is C33H27N3O3S. The van der Waals surface area contributed by atoms with Crippen molar-refractivity contribution in [2.45, 2.75) is 19.7 Å². The van der Waals surface area contributed by atoms with Gasteiger partial charge in [-0.15, -0.1) is 0 Å². The van der Waals surface area contributed by atoms with Crippen LogP contribution < -0.4 is 9.47 Å². The van der Waals surface area contributed by atoms with Gasteiger partial charge in [0, 0.05) is 5.56 Å². The summed E-state index contributed by atoms with van der Waals surface area (Å²) in [5.74, 6) is 1.00. The van der Waals surface area contributed by atoms with Gasteiger partial charge in [0.05, 0.1) is 36.7 Å². The number of aliphatic imine (C=N–C) groups is 1. The van der Waals surface area contributed by atoms with Gasteiger partial charge in [0.1, 0.15) is 6.61 Å². The number of rotatable bonds is 9. The van der Waals surface area contributed by atoms with E-state index in [1.165, 1.54) is 11.8 Å². The molecule has 0 unspecified atom stereocenters. The Bertz CT molecular complexity index is 1590. The smallest absolute Gasteiger partial charge is 0.267 e. The van der Waals surface area contributed by atoms with Gasteiger partial charge in [-0.05, 0) is 52.7 Å². The SMILES string of the molecule is COc1cc(/C=C2\SC(=NCc3ccccc3)N(Cc3ccccc3)C2=O)ccc1OCc1ccccc1C#N. The fourth-order valence-corrected chi connectivity index (χ4v) is 5.20. The minimum Gasteiger partial charge on any atom is -0.493 e. The molecule has 4 aromatic rings. The summed E-state index contributed by atoms with van der Waals surface area (Å²) in [4.78, 5) is 20.7. The maximum Gasteiger partial charge on any atom is 0.267 e. The zero-order valence-corrected chi connectivity index (χ0v) is 22.8. The molecule has 0 spiro atoms. The summed E-state index contributed by atoms with van der Waals surface area (Å²) in [6, 6.07) is 35.0. The Morgan fingerprint density at radius 2 is 1.60 bits per heavy atom. The summed E-state index contributed by atoms with van der Waals surface area (Å²) in [7, 11) is 1.58. The van der Waals surface area contributed by atoms with Crippen LogP contribution in [0.2, 0.25) is 0 Å². The molecule has 0 saturated carbocycles. The summed E-state index contributed by atoms with van der Waals surface area (Å²) in [6.45, 7) is 1.17. The first kappa shape index (κ1) is 26.8. The quantitative estimate of drug-likeness (QED) is 0.216. The molecule has 1 aliphatic heterocycles. The maximum atomic E-state index is 13.6. The van der Waals surface area contributed by atoms with E-state index in [1.807, 2.05) is 103 Å². The summed E-state index contributed by atoms with van der Waals surface area (Å²) >= 11 is 1.37. The van der Waals surface area contributed by atoms with Crippen LogP contribution in [0.4, 0.5) is 0 Å². The fraction of sp³-hybridized carbons (Fsp3) is 0.121. The summed E-state index contributed by atoms with van der Waals surface area (Å²) in [6.07, 6.45) is 1.85. The van der Waals surface area contributed by atoms with Crippen molar-refractivity contribution in [2.24, 2.45) is 4.99 Å². The first-order valence-corrected chi connectivity index (χ1v) is 13.6. The molecule has 0 N–H and O–H groups in total. The second-order valence-electron chi connectivity index (χ2n) is 9.04. The van der Waals surface area contributed by atoms with Crippen LogP contribution in [-0.2, 0) is 24.5 Å². The van der Waals surface area contributed by atoms with E-state index in [1.54, 1.807) is 18.1 Å². The second-order valence-corrected chi connectivity index (χ2v) is 10.0. The zero-order valence-electron chi connectivity index (χ0n) is 22.0. The van der Waals surface area contributed by atoms with E-state index in [4.69, 9.17) is 14.5 Å². The van der Waals surface area contributed by atoms with E-state index in [0.29, 0.717) is 40.2 Å². The third-order valence-corrected chi connectivity index (χ3v) is 7.36. The normalized spacial score (nSPS) is 14.9. The van der Waals surface area contributed by atoms with Crippen molar-refractivity contribution in [3.8, 4) is 17.6 Å². The van der Waals surface area contributed by atoms with Gasteiger partial charge < -0.3 is 9.47 Å².